The quantitative estimate of drug-likeness (QED) is 0.121. The first-order valence-electron chi connectivity index (χ1n) is 11.3. The van der Waals surface area contributed by atoms with Gasteiger partial charge in [0, 0.05) is 64.0 Å². The molecule has 0 fully saturated rings. The van der Waals surface area contributed by atoms with E-state index in [1.807, 2.05) is 0 Å². The highest BCUT2D eigenvalue weighted by atomic mass is 27.3. The van der Waals surface area contributed by atoms with Crippen LogP contribution in [-0.2, 0) is 68.2 Å². The summed E-state index contributed by atoms with van der Waals surface area (Å²) in [4.78, 5) is 0. The topological polar surface area (TPSA) is 138 Å². The number of rotatable bonds is 24. The molecule has 222 valence electrons. The van der Waals surface area contributed by atoms with Gasteiger partial charge in [0.25, 0.3) is 0 Å². The van der Waals surface area contributed by atoms with Gasteiger partial charge in [0.2, 0.25) is 0 Å². The van der Waals surface area contributed by atoms with Crippen LogP contribution in [0.25, 0.3) is 0 Å². The zero-order valence-electron chi connectivity index (χ0n) is 24.1. The van der Waals surface area contributed by atoms with E-state index in [9.17, 15) is 0 Å². The molecule has 0 aliphatic carbocycles. The van der Waals surface area contributed by atoms with Gasteiger partial charge < -0.3 is 68.2 Å². The molecule has 0 saturated heterocycles. The van der Waals surface area contributed by atoms with Crippen LogP contribution in [0, 0.1) is 0 Å². The van der Waals surface area contributed by atoms with E-state index in [-0.39, 0.29) is 19.8 Å². The Labute approximate surface area is 225 Å². The van der Waals surface area contributed by atoms with Crippen LogP contribution in [0.2, 0.25) is 0 Å². The molecule has 15 nitrogen and oxygen atoms in total. The Kier molecular flexibility index (Phi) is 19.0. The first-order valence-corrected chi connectivity index (χ1v) is 12.7. The van der Waals surface area contributed by atoms with Crippen LogP contribution in [0.4, 0.5) is 0 Å². The summed E-state index contributed by atoms with van der Waals surface area (Å²) in [7, 11) is 12.8. The third kappa shape index (κ3) is 12.8. The highest BCUT2D eigenvalue weighted by molar-refractivity contribution is 6.36. The monoisotopic (exact) mass is 564 g/mol. The van der Waals surface area contributed by atoms with Crippen LogP contribution >= 0.6 is 0 Å². The smallest absolute Gasteiger partial charge is 0.431 e. The Morgan fingerprint density at radius 1 is 0.405 bits per heavy atom. The summed E-state index contributed by atoms with van der Waals surface area (Å²) in [6, 6.07) is 0. The maximum atomic E-state index is 5.90. The number of ether oxygens (including phenoxy) is 12. The van der Waals surface area contributed by atoms with Gasteiger partial charge in [-0.1, -0.05) is 0 Å². The fourth-order valence-corrected chi connectivity index (χ4v) is 3.99. The minimum Gasteiger partial charge on any atom is -0.431 e. The van der Waals surface area contributed by atoms with Crippen molar-refractivity contribution in [2.24, 2.45) is 0 Å². The summed E-state index contributed by atoms with van der Waals surface area (Å²) < 4.78 is 81.8. The fourth-order valence-electron chi connectivity index (χ4n) is 2.62. The van der Waals surface area contributed by atoms with Crippen molar-refractivity contribution in [3.8, 4) is 0 Å². The van der Waals surface area contributed by atoms with Crippen LogP contribution in [0.5, 0.6) is 0 Å². The predicted molar refractivity (Wildman–Crippen MR) is 127 cm³/mol. The fraction of sp³-hybridized carbons (Fsp3) is 1.00. The second-order valence-electron chi connectivity index (χ2n) is 7.22. The van der Waals surface area contributed by atoms with Crippen molar-refractivity contribution in [2.45, 2.75) is 57.6 Å². The Morgan fingerprint density at radius 2 is 0.595 bits per heavy atom. The van der Waals surface area contributed by atoms with Crippen LogP contribution in [0.15, 0.2) is 0 Å². The third-order valence-electron chi connectivity index (χ3n) is 5.19. The van der Waals surface area contributed by atoms with Crippen molar-refractivity contribution in [3.05, 3.63) is 0 Å². The SMILES string of the molecule is COC(COC(C)[O][Al]([O]C(C)OCC(OC)(OC)OC)[O]C(C)OCC(OC)(OC)OC)(OC)OC. The highest BCUT2D eigenvalue weighted by Crippen LogP contribution is 2.18. The van der Waals surface area contributed by atoms with Gasteiger partial charge in [-0.3, -0.25) is 0 Å². The molecule has 0 spiro atoms. The van der Waals surface area contributed by atoms with Gasteiger partial charge in [0.15, 0.2) is 0 Å². The largest absolute Gasteiger partial charge is 0.911 e. The Hall–Kier alpha value is -0.0675. The van der Waals surface area contributed by atoms with Crippen LogP contribution in [0.1, 0.15) is 20.8 Å². The zero-order valence-corrected chi connectivity index (χ0v) is 25.2. The van der Waals surface area contributed by atoms with E-state index >= 15 is 0 Å². The van der Waals surface area contributed by atoms with E-state index in [1.165, 1.54) is 64.0 Å². The molecule has 0 aromatic rings. The Morgan fingerprint density at radius 3 is 0.757 bits per heavy atom. The van der Waals surface area contributed by atoms with E-state index in [0.29, 0.717) is 0 Å². The first-order chi connectivity index (χ1) is 17.5. The average Bonchev–Trinajstić information content (AvgIpc) is 2.92. The predicted octanol–water partition coefficient (Wildman–Crippen LogP) is 0.888. The zero-order chi connectivity index (χ0) is 28.5. The summed E-state index contributed by atoms with van der Waals surface area (Å²) in [5.74, 6) is -4.22. The Bertz CT molecular complexity index is 459. The lowest BCUT2D eigenvalue weighted by atomic mass is 10.5. The number of hydrogen-bond donors (Lipinski definition) is 0. The lowest BCUT2D eigenvalue weighted by molar-refractivity contribution is -0.380. The van der Waals surface area contributed by atoms with Gasteiger partial charge in [-0.05, 0) is 20.8 Å². The second-order valence-corrected chi connectivity index (χ2v) is 8.61. The molecule has 0 aromatic heterocycles. The minimum absolute atomic E-state index is 0.104. The maximum Gasteiger partial charge on any atom is 0.911 e. The Balaban J connectivity index is 5.30. The molecule has 0 amide bonds. The van der Waals surface area contributed by atoms with Crippen molar-refractivity contribution in [1.29, 1.82) is 0 Å². The van der Waals surface area contributed by atoms with E-state index < -0.39 is 51.9 Å². The minimum atomic E-state index is -2.99. The normalized spacial score (nSPS) is 15.6. The molecule has 3 unspecified atom stereocenters. The van der Waals surface area contributed by atoms with Gasteiger partial charge in [0.1, 0.15) is 38.7 Å². The standard InChI is InChI=1S/3C7H15O5.Al/c3*1-6(8)12-5-7(9-2,10-3)11-4;/h3*6H,5H2,1-4H3;/q3*-1;+3. The van der Waals surface area contributed by atoms with Gasteiger partial charge >= 0.3 is 33.1 Å². The van der Waals surface area contributed by atoms with Crippen molar-refractivity contribution in [2.75, 3.05) is 83.8 Å². The molecule has 0 aliphatic heterocycles. The lowest BCUT2D eigenvalue weighted by Crippen LogP contribution is -2.46. The summed E-state index contributed by atoms with van der Waals surface area (Å²) in [6.45, 7) is 4.63. The molecular weight excluding hydrogens is 519 g/mol. The van der Waals surface area contributed by atoms with Crippen molar-refractivity contribution in [1.82, 2.24) is 0 Å². The van der Waals surface area contributed by atoms with Crippen molar-refractivity contribution >= 4 is 15.1 Å². The molecule has 0 N–H and O–H groups in total. The van der Waals surface area contributed by atoms with Crippen LogP contribution in [0.3, 0.4) is 0 Å². The van der Waals surface area contributed by atoms with Gasteiger partial charge in [-0.2, -0.15) is 0 Å². The van der Waals surface area contributed by atoms with Crippen molar-refractivity contribution in [3.63, 3.8) is 0 Å². The van der Waals surface area contributed by atoms with Gasteiger partial charge in [-0.15, -0.1) is 0 Å². The molecule has 0 bridgehead atoms. The van der Waals surface area contributed by atoms with E-state index in [0.717, 1.165) is 0 Å². The first kappa shape index (κ1) is 36.9. The number of hydrogen-bond acceptors (Lipinski definition) is 15. The summed E-state index contributed by atoms with van der Waals surface area (Å²) in [6.07, 6.45) is -2.45. The van der Waals surface area contributed by atoms with E-state index in [2.05, 4.69) is 0 Å². The second kappa shape index (κ2) is 19.1. The molecule has 0 rings (SSSR count). The third-order valence-corrected chi connectivity index (χ3v) is 7.01. The molecule has 37 heavy (non-hydrogen) atoms. The van der Waals surface area contributed by atoms with Crippen LogP contribution < -0.4 is 0 Å². The molecule has 3 atom stereocenters. The lowest BCUT2D eigenvalue weighted by Gasteiger charge is -2.32. The molecule has 16 heteroatoms. The van der Waals surface area contributed by atoms with E-state index in [4.69, 9.17) is 68.2 Å². The molecule has 0 aliphatic rings. The molecule has 0 radical (unpaired) electrons. The van der Waals surface area contributed by atoms with Crippen molar-refractivity contribution < 1.29 is 68.2 Å². The maximum absolute atomic E-state index is 5.90. The van der Waals surface area contributed by atoms with Crippen LogP contribution in [-0.4, -0.2) is 136 Å². The molecule has 0 aromatic carbocycles. The average molecular weight is 565 g/mol. The highest BCUT2D eigenvalue weighted by Gasteiger charge is 2.41. The summed E-state index contributed by atoms with van der Waals surface area (Å²) in [5, 5.41) is 0. The summed E-state index contributed by atoms with van der Waals surface area (Å²) >= 11 is -2.99. The molecule has 0 saturated carbocycles. The number of methoxy groups -OCH3 is 9. The van der Waals surface area contributed by atoms with Gasteiger partial charge in [0.05, 0.1) is 0 Å². The molecule has 0 heterocycles. The van der Waals surface area contributed by atoms with Gasteiger partial charge in [-0.25, -0.2) is 0 Å². The molecular formula is C21H45AlO15. The summed E-state index contributed by atoms with van der Waals surface area (Å²) in [5.41, 5.74) is 0. The van der Waals surface area contributed by atoms with E-state index in [1.54, 1.807) is 20.8 Å².